The monoisotopic (exact) mass is 314 g/mol. The van der Waals surface area contributed by atoms with Crippen molar-refractivity contribution in [1.82, 2.24) is 0 Å². The largest absolute Gasteiger partial charge is 0.417 e. The minimum Gasteiger partial charge on any atom is -0.382 e. The average Bonchev–Trinajstić information content (AvgIpc) is 2.53. The molecule has 1 aromatic rings. The molecule has 7 heteroatoms. The molecule has 1 aliphatic heterocycles. The second-order valence-electron chi connectivity index (χ2n) is 5.22. The van der Waals surface area contributed by atoms with E-state index < -0.39 is 17.3 Å². The summed E-state index contributed by atoms with van der Waals surface area (Å²) in [7, 11) is 1.59. The third-order valence-electron chi connectivity index (χ3n) is 3.90. The van der Waals surface area contributed by atoms with Crippen molar-refractivity contribution >= 4 is 5.69 Å². The third kappa shape index (κ3) is 3.70. The van der Waals surface area contributed by atoms with E-state index in [0.717, 1.165) is 6.07 Å². The van der Waals surface area contributed by atoms with Crippen LogP contribution in [0.5, 0.6) is 0 Å². The Kier molecular flexibility index (Phi) is 4.94. The van der Waals surface area contributed by atoms with Gasteiger partial charge in [-0.05, 0) is 18.2 Å². The Bertz CT molecular complexity index is 561. The lowest BCUT2D eigenvalue weighted by Crippen LogP contribution is -2.44. The van der Waals surface area contributed by atoms with Crippen LogP contribution in [0.3, 0.4) is 0 Å². The maximum atomic E-state index is 12.9. The van der Waals surface area contributed by atoms with Gasteiger partial charge in [-0.25, -0.2) is 0 Å². The van der Waals surface area contributed by atoms with Crippen LogP contribution in [-0.4, -0.2) is 32.5 Å². The highest BCUT2D eigenvalue weighted by Gasteiger charge is 2.35. The van der Waals surface area contributed by atoms with Crippen molar-refractivity contribution in [2.75, 3.05) is 32.2 Å². The summed E-state index contributed by atoms with van der Waals surface area (Å²) in [5.41, 5.74) is -1.44. The Morgan fingerprint density at radius 1 is 1.36 bits per heavy atom. The van der Waals surface area contributed by atoms with Gasteiger partial charge in [-0.15, -0.1) is 0 Å². The number of nitrogens with zero attached hydrogens (tertiary/aromatic N) is 1. The fraction of sp³-hybridized carbons (Fsp3) is 0.533. The maximum absolute atomic E-state index is 12.9. The maximum Gasteiger partial charge on any atom is 0.417 e. The SMILES string of the molecule is COC1(CNc2ccc(C#N)c(C(F)(F)F)c2)CCOCC1. The zero-order chi connectivity index (χ0) is 16.2. The molecule has 0 bridgehead atoms. The summed E-state index contributed by atoms with van der Waals surface area (Å²) < 4.78 is 49.6. The number of anilines is 1. The van der Waals surface area contributed by atoms with Crippen LogP contribution < -0.4 is 5.32 Å². The molecule has 0 amide bonds. The molecule has 0 aliphatic carbocycles. The molecule has 1 saturated heterocycles. The molecule has 22 heavy (non-hydrogen) atoms. The van der Waals surface area contributed by atoms with Crippen molar-refractivity contribution in [3.8, 4) is 6.07 Å². The molecule has 4 nitrogen and oxygen atoms in total. The summed E-state index contributed by atoms with van der Waals surface area (Å²) in [6.45, 7) is 1.52. The number of halogens is 3. The summed E-state index contributed by atoms with van der Waals surface area (Å²) in [6, 6.07) is 5.17. The van der Waals surface area contributed by atoms with Gasteiger partial charge in [-0.2, -0.15) is 18.4 Å². The number of hydrogen-bond donors (Lipinski definition) is 1. The van der Waals surface area contributed by atoms with E-state index in [1.54, 1.807) is 13.2 Å². The number of rotatable bonds is 4. The lowest BCUT2D eigenvalue weighted by atomic mass is 9.94. The molecule has 1 aromatic carbocycles. The molecule has 0 aromatic heterocycles. The summed E-state index contributed by atoms with van der Waals surface area (Å²) in [5.74, 6) is 0. The fourth-order valence-electron chi connectivity index (χ4n) is 2.45. The van der Waals surface area contributed by atoms with Crippen molar-refractivity contribution < 1.29 is 22.6 Å². The molecule has 0 atom stereocenters. The van der Waals surface area contributed by atoms with Gasteiger partial charge in [0.05, 0.1) is 22.8 Å². The van der Waals surface area contributed by atoms with E-state index in [-0.39, 0.29) is 5.56 Å². The Morgan fingerprint density at radius 2 is 2.05 bits per heavy atom. The average molecular weight is 314 g/mol. The van der Waals surface area contributed by atoms with E-state index in [1.165, 1.54) is 12.1 Å². The second-order valence-corrected chi connectivity index (χ2v) is 5.22. The van der Waals surface area contributed by atoms with Crippen molar-refractivity contribution in [2.45, 2.75) is 24.6 Å². The summed E-state index contributed by atoms with van der Waals surface area (Å²) in [4.78, 5) is 0. The molecule has 1 fully saturated rings. The first kappa shape index (κ1) is 16.6. The van der Waals surface area contributed by atoms with Crippen LogP contribution in [0.2, 0.25) is 0 Å². The van der Waals surface area contributed by atoms with E-state index in [0.29, 0.717) is 38.3 Å². The molecule has 0 spiro atoms. The van der Waals surface area contributed by atoms with Gasteiger partial charge in [0.1, 0.15) is 0 Å². The highest BCUT2D eigenvalue weighted by Crippen LogP contribution is 2.34. The Morgan fingerprint density at radius 3 is 2.59 bits per heavy atom. The van der Waals surface area contributed by atoms with Gasteiger partial charge < -0.3 is 14.8 Å². The van der Waals surface area contributed by atoms with Crippen LogP contribution in [0.15, 0.2) is 18.2 Å². The highest BCUT2D eigenvalue weighted by atomic mass is 19.4. The summed E-state index contributed by atoms with van der Waals surface area (Å²) in [6.07, 6.45) is -3.20. The minimum absolute atomic E-state index is 0.314. The zero-order valence-corrected chi connectivity index (χ0v) is 12.2. The molecular weight excluding hydrogens is 297 g/mol. The minimum atomic E-state index is -4.56. The van der Waals surface area contributed by atoms with Gasteiger partial charge in [0.25, 0.3) is 0 Å². The number of ether oxygens (including phenoxy) is 2. The summed E-state index contributed by atoms with van der Waals surface area (Å²) >= 11 is 0. The van der Waals surface area contributed by atoms with Crippen molar-refractivity contribution in [3.05, 3.63) is 29.3 Å². The predicted octanol–water partition coefficient (Wildman–Crippen LogP) is 3.18. The Labute approximate surface area is 126 Å². The standard InChI is InChI=1S/C15H17F3N2O2/c1-21-14(4-6-22-7-5-14)10-20-12-3-2-11(9-19)13(8-12)15(16,17)18/h2-3,8,20H,4-7,10H2,1H3. The van der Waals surface area contributed by atoms with Crippen molar-refractivity contribution in [3.63, 3.8) is 0 Å². The number of nitrogens with one attached hydrogen (secondary N) is 1. The fourth-order valence-corrected chi connectivity index (χ4v) is 2.45. The van der Waals surface area contributed by atoms with Gasteiger partial charge >= 0.3 is 6.18 Å². The van der Waals surface area contributed by atoms with Gasteiger partial charge in [0.15, 0.2) is 0 Å². The predicted molar refractivity (Wildman–Crippen MR) is 74.4 cm³/mol. The number of hydrogen-bond acceptors (Lipinski definition) is 4. The normalized spacial score (nSPS) is 17.8. The number of alkyl halides is 3. The lowest BCUT2D eigenvalue weighted by Gasteiger charge is -2.36. The first-order valence-corrected chi connectivity index (χ1v) is 6.88. The number of benzene rings is 1. The lowest BCUT2D eigenvalue weighted by molar-refractivity contribution is -0.137. The topological polar surface area (TPSA) is 54.3 Å². The van der Waals surface area contributed by atoms with E-state index in [9.17, 15) is 13.2 Å². The van der Waals surface area contributed by atoms with Crippen LogP contribution in [0.1, 0.15) is 24.0 Å². The molecule has 120 valence electrons. The van der Waals surface area contributed by atoms with Crippen LogP contribution in [-0.2, 0) is 15.7 Å². The van der Waals surface area contributed by atoms with Crippen LogP contribution in [0.25, 0.3) is 0 Å². The molecule has 1 N–H and O–H groups in total. The molecule has 0 saturated carbocycles. The van der Waals surface area contributed by atoms with Crippen LogP contribution in [0.4, 0.5) is 18.9 Å². The molecular formula is C15H17F3N2O2. The van der Waals surface area contributed by atoms with E-state index in [4.69, 9.17) is 14.7 Å². The number of methoxy groups -OCH3 is 1. The number of nitriles is 1. The zero-order valence-electron chi connectivity index (χ0n) is 12.2. The first-order valence-electron chi connectivity index (χ1n) is 6.88. The van der Waals surface area contributed by atoms with Crippen LogP contribution >= 0.6 is 0 Å². The van der Waals surface area contributed by atoms with E-state index >= 15 is 0 Å². The molecule has 0 radical (unpaired) electrons. The molecule has 1 heterocycles. The van der Waals surface area contributed by atoms with E-state index in [1.807, 2.05) is 0 Å². The van der Waals surface area contributed by atoms with Crippen molar-refractivity contribution in [2.24, 2.45) is 0 Å². The highest BCUT2D eigenvalue weighted by molar-refractivity contribution is 5.53. The molecule has 0 unspecified atom stereocenters. The smallest absolute Gasteiger partial charge is 0.382 e. The molecule has 1 aliphatic rings. The van der Waals surface area contributed by atoms with Gasteiger partial charge in [-0.1, -0.05) is 0 Å². The van der Waals surface area contributed by atoms with Crippen LogP contribution in [0, 0.1) is 11.3 Å². The Balaban J connectivity index is 2.15. The first-order chi connectivity index (χ1) is 10.4. The van der Waals surface area contributed by atoms with Gasteiger partial charge in [0, 0.05) is 45.4 Å². The van der Waals surface area contributed by atoms with E-state index in [2.05, 4.69) is 5.32 Å². The second kappa shape index (κ2) is 6.55. The third-order valence-corrected chi connectivity index (χ3v) is 3.90. The summed E-state index contributed by atoms with van der Waals surface area (Å²) in [5, 5.41) is 11.8. The Hall–Kier alpha value is -1.78. The van der Waals surface area contributed by atoms with Gasteiger partial charge in [-0.3, -0.25) is 0 Å². The van der Waals surface area contributed by atoms with Crippen molar-refractivity contribution in [1.29, 1.82) is 5.26 Å². The molecule has 2 rings (SSSR count). The quantitative estimate of drug-likeness (QED) is 0.927. The van der Waals surface area contributed by atoms with Gasteiger partial charge in [0.2, 0.25) is 0 Å².